The van der Waals surface area contributed by atoms with E-state index in [1.54, 1.807) is 4.68 Å². The predicted octanol–water partition coefficient (Wildman–Crippen LogP) is 2.41. The molecule has 0 atom stereocenters. The fourth-order valence-corrected chi connectivity index (χ4v) is 1.88. The molecule has 0 amide bonds. The van der Waals surface area contributed by atoms with Crippen molar-refractivity contribution in [3.05, 3.63) is 36.2 Å². The molecular weight excluding hydrogens is 252 g/mol. The molecule has 108 valence electrons. The Morgan fingerprint density at radius 1 is 1.35 bits per heavy atom. The van der Waals surface area contributed by atoms with Gasteiger partial charge in [-0.15, -0.1) is 5.10 Å². The van der Waals surface area contributed by atoms with Crippen molar-refractivity contribution in [1.82, 2.24) is 20.3 Å². The van der Waals surface area contributed by atoms with Crippen LogP contribution in [0.15, 0.2) is 30.5 Å². The van der Waals surface area contributed by atoms with Crippen LogP contribution in [0.25, 0.3) is 5.69 Å². The molecule has 1 N–H and O–H groups in total. The summed E-state index contributed by atoms with van der Waals surface area (Å²) in [6, 6.07) is 7.85. The molecule has 0 aliphatic heterocycles. The van der Waals surface area contributed by atoms with E-state index < -0.39 is 0 Å². The summed E-state index contributed by atoms with van der Waals surface area (Å²) in [5.74, 6) is 1.48. The molecule has 1 heterocycles. The van der Waals surface area contributed by atoms with Crippen molar-refractivity contribution in [1.29, 1.82) is 0 Å². The van der Waals surface area contributed by atoms with E-state index in [4.69, 9.17) is 4.74 Å². The van der Waals surface area contributed by atoms with Gasteiger partial charge in [0, 0.05) is 12.6 Å². The van der Waals surface area contributed by atoms with Crippen LogP contribution in [-0.2, 0) is 6.54 Å². The lowest BCUT2D eigenvalue weighted by Gasteiger charge is -2.05. The van der Waals surface area contributed by atoms with Crippen molar-refractivity contribution in [2.24, 2.45) is 5.92 Å². The summed E-state index contributed by atoms with van der Waals surface area (Å²) in [6.45, 7) is 8.72. The first kappa shape index (κ1) is 14.5. The van der Waals surface area contributed by atoms with Crippen molar-refractivity contribution in [2.75, 3.05) is 13.2 Å². The minimum Gasteiger partial charge on any atom is -0.494 e. The topological polar surface area (TPSA) is 52.0 Å². The van der Waals surface area contributed by atoms with Crippen molar-refractivity contribution < 1.29 is 4.74 Å². The van der Waals surface area contributed by atoms with Gasteiger partial charge in [-0.2, -0.15) is 0 Å². The first-order chi connectivity index (χ1) is 9.69. The maximum atomic E-state index is 5.49. The number of benzene rings is 1. The molecule has 0 radical (unpaired) electrons. The molecule has 5 heteroatoms. The number of nitrogens with zero attached hydrogens (tertiary/aromatic N) is 3. The van der Waals surface area contributed by atoms with Gasteiger partial charge in [0.1, 0.15) is 5.75 Å². The van der Waals surface area contributed by atoms with Crippen LogP contribution in [0.4, 0.5) is 0 Å². The Kier molecular flexibility index (Phi) is 5.12. The molecule has 2 aromatic rings. The highest BCUT2D eigenvalue weighted by Gasteiger charge is 2.04. The van der Waals surface area contributed by atoms with Crippen LogP contribution in [0.5, 0.6) is 5.75 Å². The molecule has 0 unspecified atom stereocenters. The van der Waals surface area contributed by atoms with E-state index in [0.29, 0.717) is 12.5 Å². The molecule has 5 nitrogen and oxygen atoms in total. The standard InChI is InChI=1S/C15H22N4O/c1-4-20-15-7-5-6-14(8-15)19-11-13(17-18-19)10-16-9-12(2)3/h5-8,11-12,16H,4,9-10H2,1-3H3. The second-order valence-electron chi connectivity index (χ2n) is 5.11. The zero-order chi connectivity index (χ0) is 14.4. The van der Waals surface area contributed by atoms with Crippen molar-refractivity contribution in [3.63, 3.8) is 0 Å². The number of hydrogen-bond acceptors (Lipinski definition) is 4. The van der Waals surface area contributed by atoms with Crippen molar-refractivity contribution in [3.8, 4) is 11.4 Å². The third kappa shape index (κ3) is 4.06. The molecule has 0 aliphatic rings. The van der Waals surface area contributed by atoms with Gasteiger partial charge < -0.3 is 10.1 Å². The molecule has 0 aliphatic carbocycles. The average molecular weight is 274 g/mol. The summed E-state index contributed by atoms with van der Waals surface area (Å²) in [6.07, 6.45) is 1.94. The van der Waals surface area contributed by atoms with Crippen LogP contribution in [-0.4, -0.2) is 28.1 Å². The van der Waals surface area contributed by atoms with E-state index in [1.807, 2.05) is 37.4 Å². The van der Waals surface area contributed by atoms with Gasteiger partial charge in [0.25, 0.3) is 0 Å². The molecule has 1 aromatic heterocycles. The first-order valence-corrected chi connectivity index (χ1v) is 7.04. The highest BCUT2D eigenvalue weighted by Crippen LogP contribution is 2.16. The quantitative estimate of drug-likeness (QED) is 0.842. The fourth-order valence-electron chi connectivity index (χ4n) is 1.88. The fraction of sp³-hybridized carbons (Fsp3) is 0.467. The molecule has 1 aromatic carbocycles. The van der Waals surface area contributed by atoms with Gasteiger partial charge in [-0.25, -0.2) is 4.68 Å². The molecule has 0 spiro atoms. The molecular formula is C15H22N4O. The normalized spacial score (nSPS) is 11.0. The minimum atomic E-state index is 0.632. The highest BCUT2D eigenvalue weighted by atomic mass is 16.5. The largest absolute Gasteiger partial charge is 0.494 e. The van der Waals surface area contributed by atoms with E-state index >= 15 is 0 Å². The van der Waals surface area contributed by atoms with Crippen LogP contribution >= 0.6 is 0 Å². The molecule has 0 fully saturated rings. The van der Waals surface area contributed by atoms with E-state index in [-0.39, 0.29) is 0 Å². The second kappa shape index (κ2) is 7.05. The molecule has 0 bridgehead atoms. The van der Waals surface area contributed by atoms with Crippen LogP contribution < -0.4 is 10.1 Å². The van der Waals surface area contributed by atoms with Gasteiger partial charge in [-0.1, -0.05) is 25.1 Å². The van der Waals surface area contributed by atoms with Gasteiger partial charge in [-0.05, 0) is 31.5 Å². The smallest absolute Gasteiger partial charge is 0.121 e. The Hall–Kier alpha value is -1.88. The maximum Gasteiger partial charge on any atom is 0.121 e. The maximum absolute atomic E-state index is 5.49. The van der Waals surface area contributed by atoms with Gasteiger partial charge in [-0.3, -0.25) is 0 Å². The van der Waals surface area contributed by atoms with Gasteiger partial charge >= 0.3 is 0 Å². The van der Waals surface area contributed by atoms with Crippen LogP contribution in [0.2, 0.25) is 0 Å². The van der Waals surface area contributed by atoms with E-state index in [9.17, 15) is 0 Å². The van der Waals surface area contributed by atoms with Gasteiger partial charge in [0.15, 0.2) is 0 Å². The minimum absolute atomic E-state index is 0.632. The highest BCUT2D eigenvalue weighted by molar-refractivity contribution is 5.38. The third-order valence-corrected chi connectivity index (χ3v) is 2.79. The first-order valence-electron chi connectivity index (χ1n) is 7.04. The summed E-state index contributed by atoms with van der Waals surface area (Å²) >= 11 is 0. The van der Waals surface area contributed by atoms with Crippen LogP contribution in [0.3, 0.4) is 0 Å². The summed E-state index contributed by atoms with van der Waals surface area (Å²) in [4.78, 5) is 0. The average Bonchev–Trinajstić information content (AvgIpc) is 2.88. The Bertz CT molecular complexity index is 536. The molecule has 0 saturated heterocycles. The monoisotopic (exact) mass is 274 g/mol. The summed E-state index contributed by atoms with van der Waals surface area (Å²) in [5, 5.41) is 11.7. The molecule has 20 heavy (non-hydrogen) atoms. The Morgan fingerprint density at radius 3 is 2.95 bits per heavy atom. The Labute approximate surface area is 120 Å². The number of rotatable bonds is 7. The second-order valence-corrected chi connectivity index (χ2v) is 5.11. The number of aromatic nitrogens is 3. The van der Waals surface area contributed by atoms with Gasteiger partial charge in [0.2, 0.25) is 0 Å². The molecule has 0 saturated carbocycles. The number of hydrogen-bond donors (Lipinski definition) is 1. The van der Waals surface area contributed by atoms with Gasteiger partial charge in [0.05, 0.1) is 24.2 Å². The van der Waals surface area contributed by atoms with Crippen molar-refractivity contribution >= 4 is 0 Å². The summed E-state index contributed by atoms with van der Waals surface area (Å²) < 4.78 is 7.26. The third-order valence-electron chi connectivity index (χ3n) is 2.79. The predicted molar refractivity (Wildman–Crippen MR) is 79.1 cm³/mol. The Balaban J connectivity index is 2.02. The number of nitrogens with one attached hydrogen (secondary N) is 1. The Morgan fingerprint density at radius 2 is 2.20 bits per heavy atom. The number of ether oxygens (including phenoxy) is 1. The lowest BCUT2D eigenvalue weighted by Crippen LogP contribution is -2.19. The zero-order valence-electron chi connectivity index (χ0n) is 12.3. The molecule has 2 rings (SSSR count). The van der Waals surface area contributed by atoms with E-state index in [2.05, 4.69) is 29.5 Å². The SMILES string of the molecule is CCOc1cccc(-n2cc(CNCC(C)C)nn2)c1. The van der Waals surface area contributed by atoms with Crippen LogP contribution in [0, 0.1) is 5.92 Å². The summed E-state index contributed by atoms with van der Waals surface area (Å²) in [7, 11) is 0. The lowest BCUT2D eigenvalue weighted by atomic mass is 10.2. The zero-order valence-corrected chi connectivity index (χ0v) is 12.3. The summed E-state index contributed by atoms with van der Waals surface area (Å²) in [5.41, 5.74) is 1.89. The van der Waals surface area contributed by atoms with Crippen molar-refractivity contribution in [2.45, 2.75) is 27.3 Å². The van der Waals surface area contributed by atoms with E-state index in [0.717, 1.165) is 30.2 Å². The van der Waals surface area contributed by atoms with E-state index in [1.165, 1.54) is 0 Å². The lowest BCUT2D eigenvalue weighted by molar-refractivity contribution is 0.340. The van der Waals surface area contributed by atoms with Crippen LogP contribution in [0.1, 0.15) is 26.5 Å².